The molecule has 1 saturated heterocycles. The van der Waals surface area contributed by atoms with Crippen molar-refractivity contribution in [1.82, 2.24) is 9.88 Å². The molecule has 0 atom stereocenters. The number of morpholine rings is 1. The fraction of sp³-hybridized carbons (Fsp3) is 0.250. The molecular weight excluding hydrogens is 301 g/mol. The summed E-state index contributed by atoms with van der Waals surface area (Å²) in [5.74, 6) is 0.525. The fourth-order valence-electron chi connectivity index (χ4n) is 2.11. The van der Waals surface area contributed by atoms with Crippen LogP contribution < -0.4 is 10.1 Å². The van der Waals surface area contributed by atoms with Crippen LogP contribution in [0.4, 0.5) is 14.9 Å². The molecule has 120 valence electrons. The summed E-state index contributed by atoms with van der Waals surface area (Å²) in [6.45, 7) is 2.25. The largest absolute Gasteiger partial charge is 0.439 e. The zero-order chi connectivity index (χ0) is 16.1. The number of hydrogen-bond acceptors (Lipinski definition) is 4. The second-order valence-corrected chi connectivity index (χ2v) is 4.97. The van der Waals surface area contributed by atoms with E-state index in [1.54, 1.807) is 17.0 Å². The molecule has 2 aromatic rings. The molecular formula is C16H16FN3O3. The lowest BCUT2D eigenvalue weighted by Crippen LogP contribution is -2.43. The Morgan fingerprint density at radius 3 is 2.57 bits per heavy atom. The molecule has 0 unspecified atom stereocenters. The van der Waals surface area contributed by atoms with E-state index < -0.39 is 0 Å². The Hall–Kier alpha value is -2.67. The maximum absolute atomic E-state index is 12.8. The predicted molar refractivity (Wildman–Crippen MR) is 82.1 cm³/mol. The van der Waals surface area contributed by atoms with Gasteiger partial charge in [0, 0.05) is 19.2 Å². The van der Waals surface area contributed by atoms with Crippen molar-refractivity contribution in [3.8, 4) is 11.6 Å². The first-order valence-electron chi connectivity index (χ1n) is 7.24. The maximum atomic E-state index is 12.8. The molecule has 6 nitrogen and oxygen atoms in total. The third-order valence-corrected chi connectivity index (χ3v) is 3.32. The molecule has 1 aromatic carbocycles. The molecule has 3 rings (SSSR count). The number of ether oxygens (including phenoxy) is 2. The highest BCUT2D eigenvalue weighted by Gasteiger charge is 2.16. The standard InChI is InChI=1S/C16H16FN3O3/c17-12-1-4-14(5-2-12)23-15-6-3-13(11-18-15)19-16(21)20-7-9-22-10-8-20/h1-6,11H,7-10H2,(H,19,21). The number of anilines is 1. The SMILES string of the molecule is O=C(Nc1ccc(Oc2ccc(F)cc2)nc1)N1CCOCC1. The molecule has 0 bridgehead atoms. The molecule has 1 aromatic heterocycles. The molecule has 23 heavy (non-hydrogen) atoms. The molecule has 0 spiro atoms. The summed E-state index contributed by atoms with van der Waals surface area (Å²) in [7, 11) is 0. The van der Waals surface area contributed by atoms with Gasteiger partial charge in [-0.25, -0.2) is 14.2 Å². The minimum Gasteiger partial charge on any atom is -0.439 e. The maximum Gasteiger partial charge on any atom is 0.322 e. The number of urea groups is 1. The molecule has 1 aliphatic heterocycles. The van der Waals surface area contributed by atoms with E-state index in [2.05, 4.69) is 10.3 Å². The van der Waals surface area contributed by atoms with Crippen molar-refractivity contribution in [1.29, 1.82) is 0 Å². The molecule has 7 heteroatoms. The lowest BCUT2D eigenvalue weighted by molar-refractivity contribution is 0.0564. The van der Waals surface area contributed by atoms with Gasteiger partial charge < -0.3 is 19.7 Å². The van der Waals surface area contributed by atoms with Gasteiger partial charge in [-0.2, -0.15) is 0 Å². The first-order valence-corrected chi connectivity index (χ1v) is 7.24. The van der Waals surface area contributed by atoms with Gasteiger partial charge in [-0.1, -0.05) is 0 Å². The summed E-state index contributed by atoms with van der Waals surface area (Å²) >= 11 is 0. The summed E-state index contributed by atoms with van der Waals surface area (Å²) in [5, 5.41) is 2.77. The molecule has 2 heterocycles. The van der Waals surface area contributed by atoms with E-state index in [9.17, 15) is 9.18 Å². The van der Waals surface area contributed by atoms with Crippen LogP contribution in [0, 0.1) is 5.82 Å². The number of nitrogens with zero attached hydrogens (tertiary/aromatic N) is 2. The molecule has 1 N–H and O–H groups in total. The number of benzene rings is 1. The van der Waals surface area contributed by atoms with E-state index in [1.165, 1.54) is 30.5 Å². The van der Waals surface area contributed by atoms with Crippen molar-refractivity contribution in [2.24, 2.45) is 0 Å². The van der Waals surface area contributed by atoms with Crippen LogP contribution in [-0.2, 0) is 4.74 Å². The van der Waals surface area contributed by atoms with Gasteiger partial charge in [0.25, 0.3) is 0 Å². The zero-order valence-electron chi connectivity index (χ0n) is 12.4. The predicted octanol–water partition coefficient (Wildman–Crippen LogP) is 2.88. The van der Waals surface area contributed by atoms with Gasteiger partial charge in [0.2, 0.25) is 5.88 Å². The highest BCUT2D eigenvalue weighted by molar-refractivity contribution is 5.89. The van der Waals surface area contributed by atoms with Crippen molar-refractivity contribution >= 4 is 11.7 Å². The van der Waals surface area contributed by atoms with Crippen LogP contribution in [0.15, 0.2) is 42.6 Å². The average Bonchev–Trinajstić information content (AvgIpc) is 2.59. The zero-order valence-corrected chi connectivity index (χ0v) is 12.4. The molecule has 2 amide bonds. The van der Waals surface area contributed by atoms with Crippen LogP contribution in [0.25, 0.3) is 0 Å². The first-order chi connectivity index (χ1) is 11.2. The number of rotatable bonds is 3. The Balaban J connectivity index is 1.58. The van der Waals surface area contributed by atoms with Crippen LogP contribution in [0.2, 0.25) is 0 Å². The van der Waals surface area contributed by atoms with Crippen molar-refractivity contribution in [3.05, 3.63) is 48.4 Å². The molecule has 0 saturated carbocycles. The second kappa shape index (κ2) is 7.06. The number of pyridine rings is 1. The van der Waals surface area contributed by atoms with Gasteiger partial charge in [-0.3, -0.25) is 0 Å². The number of carbonyl (C=O) groups excluding carboxylic acids is 1. The Kier molecular flexibility index (Phi) is 4.68. The molecule has 1 aliphatic rings. The quantitative estimate of drug-likeness (QED) is 0.945. The van der Waals surface area contributed by atoms with Gasteiger partial charge in [0.15, 0.2) is 0 Å². The van der Waals surface area contributed by atoms with Crippen molar-refractivity contribution < 1.29 is 18.7 Å². The van der Waals surface area contributed by atoms with Crippen LogP contribution in [-0.4, -0.2) is 42.2 Å². The van der Waals surface area contributed by atoms with Crippen LogP contribution in [0.3, 0.4) is 0 Å². The van der Waals surface area contributed by atoms with Crippen molar-refractivity contribution in [3.63, 3.8) is 0 Å². The third kappa shape index (κ3) is 4.17. The van der Waals surface area contributed by atoms with Crippen LogP contribution in [0.5, 0.6) is 11.6 Å². The van der Waals surface area contributed by atoms with Crippen LogP contribution in [0.1, 0.15) is 0 Å². The second-order valence-electron chi connectivity index (χ2n) is 4.97. The monoisotopic (exact) mass is 317 g/mol. The van der Waals surface area contributed by atoms with E-state index in [1.807, 2.05) is 0 Å². The number of amides is 2. The molecule has 0 radical (unpaired) electrons. The lowest BCUT2D eigenvalue weighted by atomic mass is 10.3. The number of halogens is 1. The number of nitrogens with one attached hydrogen (secondary N) is 1. The van der Waals surface area contributed by atoms with E-state index >= 15 is 0 Å². The van der Waals surface area contributed by atoms with Gasteiger partial charge >= 0.3 is 6.03 Å². The van der Waals surface area contributed by atoms with E-state index in [-0.39, 0.29) is 11.8 Å². The Bertz CT molecular complexity index is 655. The van der Waals surface area contributed by atoms with E-state index in [0.717, 1.165) is 0 Å². The van der Waals surface area contributed by atoms with Gasteiger partial charge in [-0.05, 0) is 30.3 Å². The van der Waals surface area contributed by atoms with Gasteiger partial charge in [-0.15, -0.1) is 0 Å². The van der Waals surface area contributed by atoms with Crippen molar-refractivity contribution in [2.45, 2.75) is 0 Å². The Morgan fingerprint density at radius 2 is 1.91 bits per heavy atom. The van der Waals surface area contributed by atoms with Gasteiger partial charge in [0.1, 0.15) is 11.6 Å². The molecule has 1 fully saturated rings. The minimum atomic E-state index is -0.327. The highest BCUT2D eigenvalue weighted by Crippen LogP contribution is 2.20. The Morgan fingerprint density at radius 1 is 1.17 bits per heavy atom. The summed E-state index contributed by atoms with van der Waals surface area (Å²) in [4.78, 5) is 17.8. The normalized spacial score (nSPS) is 14.4. The summed E-state index contributed by atoms with van der Waals surface area (Å²) in [6.07, 6.45) is 1.51. The number of carbonyl (C=O) groups is 1. The van der Waals surface area contributed by atoms with E-state index in [4.69, 9.17) is 9.47 Å². The fourth-order valence-corrected chi connectivity index (χ4v) is 2.11. The van der Waals surface area contributed by atoms with Gasteiger partial charge in [0.05, 0.1) is 25.1 Å². The van der Waals surface area contributed by atoms with Crippen molar-refractivity contribution in [2.75, 3.05) is 31.6 Å². The van der Waals surface area contributed by atoms with E-state index in [0.29, 0.717) is 43.6 Å². The highest BCUT2D eigenvalue weighted by atomic mass is 19.1. The Labute approximate surface area is 132 Å². The summed E-state index contributed by atoms with van der Waals surface area (Å²) in [5.41, 5.74) is 0.577. The average molecular weight is 317 g/mol. The number of hydrogen-bond donors (Lipinski definition) is 1. The summed E-state index contributed by atoms with van der Waals surface area (Å²) in [6, 6.07) is 8.82. The number of aromatic nitrogens is 1. The summed E-state index contributed by atoms with van der Waals surface area (Å²) < 4.78 is 23.5. The molecule has 0 aliphatic carbocycles. The van der Waals surface area contributed by atoms with Crippen LogP contribution >= 0.6 is 0 Å². The third-order valence-electron chi connectivity index (χ3n) is 3.32. The smallest absolute Gasteiger partial charge is 0.322 e. The first kappa shape index (κ1) is 15.2. The minimum absolute atomic E-state index is 0.178. The topological polar surface area (TPSA) is 63.7 Å². The lowest BCUT2D eigenvalue weighted by Gasteiger charge is -2.26.